The lowest BCUT2D eigenvalue weighted by Gasteiger charge is -2.10. The van der Waals surface area contributed by atoms with Gasteiger partial charge in [0, 0.05) is 18.8 Å². The second-order valence-corrected chi connectivity index (χ2v) is 3.29. The number of aromatic nitrogens is 1. The summed E-state index contributed by atoms with van der Waals surface area (Å²) in [4.78, 5) is 3.76. The smallest absolute Gasteiger partial charge is 0.369 e. The Kier molecular flexibility index (Phi) is 3.52. The minimum Gasteiger partial charge on any atom is -0.369 e. The van der Waals surface area contributed by atoms with Crippen molar-refractivity contribution in [2.45, 2.75) is 19.1 Å². The fraction of sp³-hybridized carbons (Fsp3) is 0.444. The molecule has 0 aromatic carbocycles. The molecule has 0 amide bonds. The van der Waals surface area contributed by atoms with Crippen LogP contribution < -0.4 is 11.1 Å². The molecule has 15 heavy (non-hydrogen) atoms. The number of halogens is 3. The molecule has 3 nitrogen and oxygen atoms in total. The average molecular weight is 219 g/mol. The van der Waals surface area contributed by atoms with E-state index >= 15 is 0 Å². The number of hydrogen-bond donors (Lipinski definition) is 2. The number of nitrogens with one attached hydrogen (secondary N) is 1. The second-order valence-electron chi connectivity index (χ2n) is 3.29. The first kappa shape index (κ1) is 11.8. The lowest BCUT2D eigenvalue weighted by atomic mass is 10.2. The van der Waals surface area contributed by atoms with Gasteiger partial charge in [0.1, 0.15) is 5.82 Å². The molecule has 0 aliphatic rings. The zero-order chi connectivity index (χ0) is 11.5. The molecule has 0 saturated carbocycles. The highest BCUT2D eigenvalue weighted by Gasteiger charge is 2.30. The summed E-state index contributed by atoms with van der Waals surface area (Å²) >= 11 is 0. The largest absolute Gasteiger partial charge is 0.416 e. The van der Waals surface area contributed by atoms with E-state index < -0.39 is 11.7 Å². The molecule has 0 saturated heterocycles. The Morgan fingerprint density at radius 3 is 2.73 bits per heavy atom. The third kappa shape index (κ3) is 3.75. The maximum Gasteiger partial charge on any atom is 0.416 e. The molecule has 0 bridgehead atoms. The van der Waals surface area contributed by atoms with Crippen LogP contribution in [0.25, 0.3) is 0 Å². The molecular formula is C9H12F3N3. The summed E-state index contributed by atoms with van der Waals surface area (Å²) in [5, 5.41) is 2.72. The number of pyridine rings is 1. The SMILES string of the molecule is CC(N)CNc1cc(C(F)(F)F)ccn1. The third-order valence-corrected chi connectivity index (χ3v) is 1.69. The van der Waals surface area contributed by atoms with Crippen LogP contribution in [-0.2, 0) is 6.18 Å². The average Bonchev–Trinajstić information content (AvgIpc) is 2.14. The van der Waals surface area contributed by atoms with Crippen LogP contribution in [-0.4, -0.2) is 17.6 Å². The molecule has 84 valence electrons. The van der Waals surface area contributed by atoms with Gasteiger partial charge in [0.2, 0.25) is 0 Å². The highest BCUT2D eigenvalue weighted by molar-refractivity contribution is 5.38. The molecule has 1 atom stereocenters. The van der Waals surface area contributed by atoms with Crippen molar-refractivity contribution in [3.05, 3.63) is 23.9 Å². The molecule has 0 aliphatic heterocycles. The van der Waals surface area contributed by atoms with Gasteiger partial charge in [-0.2, -0.15) is 13.2 Å². The maximum atomic E-state index is 12.3. The highest BCUT2D eigenvalue weighted by Crippen LogP contribution is 2.29. The summed E-state index contributed by atoms with van der Waals surface area (Å²) in [7, 11) is 0. The summed E-state index contributed by atoms with van der Waals surface area (Å²) in [6.07, 6.45) is -3.22. The van der Waals surface area contributed by atoms with Gasteiger partial charge >= 0.3 is 6.18 Å². The van der Waals surface area contributed by atoms with Gasteiger partial charge in [0.25, 0.3) is 0 Å². The molecular weight excluding hydrogens is 207 g/mol. The molecule has 1 aromatic rings. The Labute approximate surface area is 85.5 Å². The summed E-state index contributed by atoms with van der Waals surface area (Å²) in [5.74, 6) is 0.183. The van der Waals surface area contributed by atoms with Crippen molar-refractivity contribution in [2.24, 2.45) is 5.73 Å². The van der Waals surface area contributed by atoms with E-state index in [4.69, 9.17) is 5.73 Å². The van der Waals surface area contributed by atoms with E-state index in [1.165, 1.54) is 0 Å². The number of hydrogen-bond acceptors (Lipinski definition) is 3. The Balaban J connectivity index is 2.75. The molecule has 1 heterocycles. The van der Waals surface area contributed by atoms with E-state index in [0.717, 1.165) is 18.3 Å². The van der Waals surface area contributed by atoms with E-state index in [9.17, 15) is 13.2 Å². The van der Waals surface area contributed by atoms with Gasteiger partial charge in [-0.3, -0.25) is 0 Å². The number of alkyl halides is 3. The van der Waals surface area contributed by atoms with Crippen molar-refractivity contribution in [1.29, 1.82) is 0 Å². The van der Waals surface area contributed by atoms with Crippen LogP contribution in [0.3, 0.4) is 0 Å². The van der Waals surface area contributed by atoms with Crippen molar-refractivity contribution < 1.29 is 13.2 Å². The third-order valence-electron chi connectivity index (χ3n) is 1.69. The predicted octanol–water partition coefficient (Wildman–Crippen LogP) is 1.86. The number of nitrogens with two attached hydrogens (primary N) is 1. The second kappa shape index (κ2) is 4.48. The van der Waals surface area contributed by atoms with E-state index in [1.54, 1.807) is 6.92 Å². The molecule has 0 radical (unpaired) electrons. The van der Waals surface area contributed by atoms with Crippen LogP contribution >= 0.6 is 0 Å². The summed E-state index contributed by atoms with van der Waals surface area (Å²) in [5.41, 5.74) is 4.73. The highest BCUT2D eigenvalue weighted by atomic mass is 19.4. The fourth-order valence-corrected chi connectivity index (χ4v) is 0.969. The van der Waals surface area contributed by atoms with Crippen LogP contribution in [0, 0.1) is 0 Å². The minimum atomic E-state index is -4.34. The molecule has 1 aromatic heterocycles. The van der Waals surface area contributed by atoms with Crippen molar-refractivity contribution in [1.82, 2.24) is 4.98 Å². The predicted molar refractivity (Wildman–Crippen MR) is 51.4 cm³/mol. The molecule has 1 unspecified atom stereocenters. The lowest BCUT2D eigenvalue weighted by molar-refractivity contribution is -0.137. The van der Waals surface area contributed by atoms with Gasteiger partial charge in [0.15, 0.2) is 0 Å². The molecule has 0 spiro atoms. The minimum absolute atomic E-state index is 0.138. The number of nitrogens with zero attached hydrogens (tertiary/aromatic N) is 1. The Morgan fingerprint density at radius 2 is 2.20 bits per heavy atom. The van der Waals surface area contributed by atoms with Gasteiger partial charge in [0.05, 0.1) is 5.56 Å². The van der Waals surface area contributed by atoms with Crippen molar-refractivity contribution in [3.8, 4) is 0 Å². The standard InChI is InChI=1S/C9H12F3N3/c1-6(13)5-15-8-4-7(2-3-14-8)9(10,11)12/h2-4,6H,5,13H2,1H3,(H,14,15). The quantitative estimate of drug-likeness (QED) is 0.815. The first-order valence-electron chi connectivity index (χ1n) is 4.42. The van der Waals surface area contributed by atoms with Gasteiger partial charge in [-0.1, -0.05) is 0 Å². The zero-order valence-corrected chi connectivity index (χ0v) is 8.17. The number of rotatable bonds is 3. The molecule has 0 fully saturated rings. The monoisotopic (exact) mass is 219 g/mol. The van der Waals surface area contributed by atoms with Crippen molar-refractivity contribution in [3.63, 3.8) is 0 Å². The topological polar surface area (TPSA) is 50.9 Å². The van der Waals surface area contributed by atoms with Crippen LogP contribution in [0.5, 0.6) is 0 Å². The Morgan fingerprint density at radius 1 is 1.53 bits per heavy atom. The Hall–Kier alpha value is -1.30. The number of anilines is 1. The van der Waals surface area contributed by atoms with Gasteiger partial charge < -0.3 is 11.1 Å². The van der Waals surface area contributed by atoms with E-state index in [2.05, 4.69) is 10.3 Å². The first-order valence-corrected chi connectivity index (χ1v) is 4.42. The lowest BCUT2D eigenvalue weighted by Crippen LogP contribution is -2.25. The molecule has 1 rings (SSSR count). The van der Waals surface area contributed by atoms with E-state index in [-0.39, 0.29) is 11.9 Å². The molecule has 3 N–H and O–H groups in total. The summed E-state index contributed by atoms with van der Waals surface area (Å²) in [6.45, 7) is 2.13. The van der Waals surface area contributed by atoms with Gasteiger partial charge in [-0.05, 0) is 19.1 Å². The fourth-order valence-electron chi connectivity index (χ4n) is 0.969. The first-order chi connectivity index (χ1) is 6.89. The van der Waals surface area contributed by atoms with Gasteiger partial charge in [-0.15, -0.1) is 0 Å². The molecule has 0 aliphatic carbocycles. The maximum absolute atomic E-state index is 12.3. The molecule has 6 heteroatoms. The Bertz CT molecular complexity index is 323. The van der Waals surface area contributed by atoms with Gasteiger partial charge in [-0.25, -0.2) is 4.98 Å². The van der Waals surface area contributed by atoms with Crippen molar-refractivity contribution >= 4 is 5.82 Å². The van der Waals surface area contributed by atoms with Crippen LogP contribution in [0.15, 0.2) is 18.3 Å². The van der Waals surface area contributed by atoms with Crippen molar-refractivity contribution in [2.75, 3.05) is 11.9 Å². The van der Waals surface area contributed by atoms with E-state index in [1.807, 2.05) is 0 Å². The summed E-state index contributed by atoms with van der Waals surface area (Å²) < 4.78 is 36.9. The summed E-state index contributed by atoms with van der Waals surface area (Å²) in [6, 6.07) is 1.75. The van der Waals surface area contributed by atoms with Crippen LogP contribution in [0.2, 0.25) is 0 Å². The van der Waals surface area contributed by atoms with Crippen LogP contribution in [0.1, 0.15) is 12.5 Å². The zero-order valence-electron chi connectivity index (χ0n) is 8.17. The van der Waals surface area contributed by atoms with Crippen LogP contribution in [0.4, 0.5) is 19.0 Å². The normalized spacial score (nSPS) is 13.7. The van der Waals surface area contributed by atoms with E-state index in [0.29, 0.717) is 6.54 Å².